The number of carbonyl (C=O) groups excluding carboxylic acids is 1. The molecular weight excluding hydrogens is 362 g/mol. The smallest absolute Gasteiger partial charge is 0.348 e. The molecular formula is C14H11N7O4S. The first-order chi connectivity index (χ1) is 12.5. The van der Waals surface area contributed by atoms with Crippen LogP contribution in [0.25, 0.3) is 27.4 Å². The van der Waals surface area contributed by atoms with E-state index in [1.54, 1.807) is 13.8 Å². The molecule has 0 amide bonds. The predicted molar refractivity (Wildman–Crippen MR) is 91.1 cm³/mol. The van der Waals surface area contributed by atoms with Crippen molar-refractivity contribution in [2.45, 2.75) is 13.8 Å². The van der Waals surface area contributed by atoms with Crippen molar-refractivity contribution in [3.05, 3.63) is 33.1 Å². The van der Waals surface area contributed by atoms with Gasteiger partial charge in [-0.2, -0.15) is 5.10 Å². The molecule has 12 heteroatoms. The summed E-state index contributed by atoms with van der Waals surface area (Å²) in [5, 5.41) is 22.2. The molecule has 0 radical (unpaired) electrons. The Morgan fingerprint density at radius 1 is 1.50 bits per heavy atom. The van der Waals surface area contributed by atoms with Crippen LogP contribution in [-0.4, -0.2) is 47.3 Å². The van der Waals surface area contributed by atoms with Gasteiger partial charge in [0.15, 0.2) is 11.3 Å². The van der Waals surface area contributed by atoms with E-state index in [0.717, 1.165) is 6.20 Å². The summed E-state index contributed by atoms with van der Waals surface area (Å²) in [6.45, 7) is 3.78. The van der Waals surface area contributed by atoms with Gasteiger partial charge in [-0.15, -0.1) is 16.4 Å². The quantitative estimate of drug-likeness (QED) is 0.326. The number of hydrogen-bond acceptors (Lipinski definition) is 9. The van der Waals surface area contributed by atoms with Crippen LogP contribution in [0.15, 0.2) is 12.5 Å². The summed E-state index contributed by atoms with van der Waals surface area (Å²) < 4.78 is 6.48. The first-order valence-electron chi connectivity index (χ1n) is 7.51. The second kappa shape index (κ2) is 5.84. The molecule has 0 fully saturated rings. The van der Waals surface area contributed by atoms with Crippen LogP contribution in [0, 0.1) is 17.0 Å². The number of hydrogen-bond donors (Lipinski definition) is 1. The normalized spacial score (nSPS) is 11.3. The summed E-state index contributed by atoms with van der Waals surface area (Å²) in [5.74, 6) is -0.304. The third kappa shape index (κ3) is 2.30. The number of H-pyrrole nitrogens is 1. The van der Waals surface area contributed by atoms with Crippen LogP contribution in [0.5, 0.6) is 0 Å². The molecule has 4 aromatic heterocycles. The molecule has 0 unspecified atom stereocenters. The number of aryl methyl sites for hydroxylation is 1. The lowest BCUT2D eigenvalue weighted by molar-refractivity contribution is -0.384. The van der Waals surface area contributed by atoms with E-state index >= 15 is 0 Å². The van der Waals surface area contributed by atoms with Crippen LogP contribution in [0.2, 0.25) is 0 Å². The summed E-state index contributed by atoms with van der Waals surface area (Å²) in [6.07, 6.45) is 2.55. The topological polar surface area (TPSA) is 141 Å². The summed E-state index contributed by atoms with van der Waals surface area (Å²) in [6, 6.07) is 0. The van der Waals surface area contributed by atoms with E-state index in [1.807, 2.05) is 0 Å². The number of nitrogens with one attached hydrogen (secondary N) is 1. The Morgan fingerprint density at radius 3 is 3.04 bits per heavy atom. The van der Waals surface area contributed by atoms with Crippen LogP contribution in [-0.2, 0) is 4.74 Å². The molecule has 0 bridgehead atoms. The molecule has 4 rings (SSSR count). The van der Waals surface area contributed by atoms with Crippen molar-refractivity contribution < 1.29 is 14.5 Å². The highest BCUT2D eigenvalue weighted by atomic mass is 32.1. The SMILES string of the molecule is CCOC(=O)c1sc2ncn3nc(-c4[nH]ncc4[N+](=O)[O-])nc3c2c1C. The van der Waals surface area contributed by atoms with Gasteiger partial charge in [0.2, 0.25) is 5.82 Å². The van der Waals surface area contributed by atoms with E-state index in [-0.39, 0.29) is 23.8 Å². The maximum atomic E-state index is 12.1. The Bertz CT molecular complexity index is 1180. The number of rotatable bonds is 4. The van der Waals surface area contributed by atoms with Crippen molar-refractivity contribution in [3.8, 4) is 11.5 Å². The lowest BCUT2D eigenvalue weighted by Gasteiger charge is -1.99. The Labute approximate surface area is 148 Å². The average Bonchev–Trinajstić information content (AvgIpc) is 3.30. The van der Waals surface area contributed by atoms with Gasteiger partial charge < -0.3 is 4.74 Å². The van der Waals surface area contributed by atoms with E-state index in [9.17, 15) is 14.9 Å². The molecule has 0 aromatic carbocycles. The summed E-state index contributed by atoms with van der Waals surface area (Å²) in [4.78, 5) is 32.4. The standard InChI is InChI=1S/C14H11N7O4S/c1-3-25-14(22)10-6(2)8-12-17-11(9-7(21(23)24)4-16-18-9)19-20(12)5-15-13(8)26-10/h4-5H,3H2,1-2H3,(H,16,18). The summed E-state index contributed by atoms with van der Waals surface area (Å²) >= 11 is 1.21. The third-order valence-electron chi connectivity index (χ3n) is 3.77. The maximum absolute atomic E-state index is 12.1. The molecule has 0 aliphatic carbocycles. The fourth-order valence-electron chi connectivity index (χ4n) is 2.61. The zero-order chi connectivity index (χ0) is 18.4. The Morgan fingerprint density at radius 2 is 2.31 bits per heavy atom. The molecule has 0 saturated carbocycles. The van der Waals surface area contributed by atoms with Crippen molar-refractivity contribution >= 4 is 38.9 Å². The summed E-state index contributed by atoms with van der Waals surface area (Å²) in [5.41, 5.74) is 1.00. The molecule has 1 N–H and O–H groups in total. The fraction of sp³-hybridized carbons (Fsp3) is 0.214. The van der Waals surface area contributed by atoms with E-state index in [0.29, 0.717) is 26.3 Å². The number of ether oxygens (including phenoxy) is 1. The average molecular weight is 373 g/mol. The minimum atomic E-state index is -0.562. The van der Waals surface area contributed by atoms with Gasteiger partial charge in [0.1, 0.15) is 22.2 Å². The van der Waals surface area contributed by atoms with Crippen molar-refractivity contribution in [2.75, 3.05) is 6.61 Å². The second-order valence-electron chi connectivity index (χ2n) is 5.29. The highest BCUT2D eigenvalue weighted by molar-refractivity contribution is 7.20. The highest BCUT2D eigenvalue weighted by Crippen LogP contribution is 2.33. The molecule has 0 saturated heterocycles. The zero-order valence-electron chi connectivity index (χ0n) is 13.6. The molecule has 4 heterocycles. The van der Waals surface area contributed by atoms with Crippen molar-refractivity contribution in [1.29, 1.82) is 0 Å². The molecule has 26 heavy (non-hydrogen) atoms. The molecule has 4 aromatic rings. The number of aromatic nitrogens is 6. The fourth-order valence-corrected chi connectivity index (χ4v) is 3.65. The molecule has 0 aliphatic rings. The Kier molecular flexibility index (Phi) is 3.61. The minimum Gasteiger partial charge on any atom is -0.462 e. The lowest BCUT2D eigenvalue weighted by atomic mass is 10.2. The molecule has 0 atom stereocenters. The van der Waals surface area contributed by atoms with Crippen LogP contribution in [0.1, 0.15) is 22.2 Å². The van der Waals surface area contributed by atoms with Gasteiger partial charge in [-0.05, 0) is 19.4 Å². The van der Waals surface area contributed by atoms with Gasteiger partial charge in [0.05, 0.1) is 16.9 Å². The van der Waals surface area contributed by atoms with E-state index in [4.69, 9.17) is 4.74 Å². The van der Waals surface area contributed by atoms with Crippen molar-refractivity contribution in [1.82, 2.24) is 29.8 Å². The van der Waals surface area contributed by atoms with Gasteiger partial charge in [-0.1, -0.05) is 0 Å². The lowest BCUT2D eigenvalue weighted by Crippen LogP contribution is -2.03. The van der Waals surface area contributed by atoms with Crippen LogP contribution >= 0.6 is 11.3 Å². The number of nitrogens with zero attached hydrogens (tertiary/aromatic N) is 6. The number of aromatic amines is 1. The van der Waals surface area contributed by atoms with Crippen molar-refractivity contribution in [2.24, 2.45) is 0 Å². The third-order valence-corrected chi connectivity index (χ3v) is 4.95. The monoisotopic (exact) mass is 373 g/mol. The van der Waals surface area contributed by atoms with Gasteiger partial charge in [-0.3, -0.25) is 15.2 Å². The zero-order valence-corrected chi connectivity index (χ0v) is 14.4. The molecule has 11 nitrogen and oxygen atoms in total. The molecule has 0 aliphatic heterocycles. The van der Waals surface area contributed by atoms with E-state index < -0.39 is 10.9 Å². The van der Waals surface area contributed by atoms with Crippen LogP contribution in [0.4, 0.5) is 5.69 Å². The van der Waals surface area contributed by atoms with E-state index in [1.165, 1.54) is 22.2 Å². The van der Waals surface area contributed by atoms with Gasteiger partial charge in [0, 0.05) is 0 Å². The number of fused-ring (bicyclic) bond motifs is 3. The van der Waals surface area contributed by atoms with Crippen molar-refractivity contribution in [3.63, 3.8) is 0 Å². The predicted octanol–water partition coefficient (Wildman–Crippen LogP) is 2.12. The van der Waals surface area contributed by atoms with Crippen LogP contribution in [0.3, 0.4) is 0 Å². The number of nitro groups is 1. The number of thiophene rings is 1. The van der Waals surface area contributed by atoms with Gasteiger partial charge in [-0.25, -0.2) is 19.3 Å². The summed E-state index contributed by atoms with van der Waals surface area (Å²) in [7, 11) is 0. The number of carbonyl (C=O) groups is 1. The number of esters is 1. The van der Waals surface area contributed by atoms with Gasteiger partial charge >= 0.3 is 11.7 Å². The molecule has 0 spiro atoms. The maximum Gasteiger partial charge on any atom is 0.348 e. The Hall–Kier alpha value is -3.41. The Balaban J connectivity index is 1.93. The first kappa shape index (κ1) is 16.1. The minimum absolute atomic E-state index is 0.102. The second-order valence-corrected chi connectivity index (χ2v) is 6.29. The highest BCUT2D eigenvalue weighted by Gasteiger charge is 2.24. The first-order valence-corrected chi connectivity index (χ1v) is 8.32. The largest absolute Gasteiger partial charge is 0.462 e. The van der Waals surface area contributed by atoms with Crippen LogP contribution < -0.4 is 0 Å². The van der Waals surface area contributed by atoms with Gasteiger partial charge in [0.25, 0.3) is 0 Å². The molecule has 132 valence electrons. The van der Waals surface area contributed by atoms with E-state index in [2.05, 4.69) is 25.3 Å².